The normalized spacial score (nSPS) is 14.1. The van der Waals surface area contributed by atoms with Gasteiger partial charge in [0.2, 0.25) is 0 Å². The standard InChI is InChI=1S/C12H13N.C8H12N2O/c1-9-8-11-5-2-4-10-6-3-7-13(9)12(10)11;1-7(6-11)5-10-4-3-9-8(10)2/h2,4-5,8H,3,6-7H2,1H3;3-4,6-7H,5H2,1-2H3. The van der Waals surface area contributed by atoms with Crippen LogP contribution >= 0.6 is 0 Å². The molecule has 24 heavy (non-hydrogen) atoms. The third-order valence-electron chi connectivity index (χ3n) is 4.68. The minimum absolute atomic E-state index is 0.0721. The fourth-order valence-electron chi connectivity index (χ4n) is 3.40. The Hall–Kier alpha value is -2.36. The van der Waals surface area contributed by atoms with Crippen LogP contribution in [0, 0.1) is 19.8 Å². The molecule has 0 fully saturated rings. The quantitative estimate of drug-likeness (QED) is 0.685. The maximum atomic E-state index is 10.3. The van der Waals surface area contributed by atoms with Gasteiger partial charge in [-0.1, -0.05) is 25.1 Å². The number of imidazole rings is 1. The molecule has 1 aliphatic rings. The molecule has 1 atom stereocenters. The molecule has 3 aromatic rings. The Kier molecular flexibility index (Phi) is 4.84. The highest BCUT2D eigenvalue weighted by Gasteiger charge is 2.13. The Morgan fingerprint density at radius 2 is 2.17 bits per heavy atom. The summed E-state index contributed by atoms with van der Waals surface area (Å²) >= 11 is 0. The van der Waals surface area contributed by atoms with Crippen molar-refractivity contribution in [2.24, 2.45) is 5.92 Å². The van der Waals surface area contributed by atoms with Gasteiger partial charge in [-0.25, -0.2) is 4.98 Å². The van der Waals surface area contributed by atoms with Crippen molar-refractivity contribution in [3.8, 4) is 0 Å². The molecule has 1 aliphatic heterocycles. The van der Waals surface area contributed by atoms with E-state index in [2.05, 4.69) is 40.7 Å². The average molecular weight is 323 g/mol. The number of benzene rings is 1. The molecular formula is C20H25N3O. The number of hydrogen-bond donors (Lipinski definition) is 0. The molecule has 4 heteroatoms. The summed E-state index contributed by atoms with van der Waals surface area (Å²) in [6.07, 6.45) is 7.13. The number of carbonyl (C=O) groups excluding carboxylic acids is 1. The minimum Gasteiger partial charge on any atom is -0.345 e. The van der Waals surface area contributed by atoms with E-state index >= 15 is 0 Å². The molecule has 0 saturated heterocycles. The van der Waals surface area contributed by atoms with E-state index < -0.39 is 0 Å². The van der Waals surface area contributed by atoms with Gasteiger partial charge in [0.05, 0.1) is 5.52 Å². The molecule has 0 bridgehead atoms. The van der Waals surface area contributed by atoms with Crippen molar-refractivity contribution >= 4 is 17.2 Å². The molecule has 126 valence electrons. The van der Waals surface area contributed by atoms with Gasteiger partial charge in [-0.05, 0) is 38.3 Å². The Morgan fingerprint density at radius 1 is 1.33 bits per heavy atom. The number of aryl methyl sites for hydroxylation is 4. The molecule has 0 radical (unpaired) electrons. The van der Waals surface area contributed by atoms with Crippen molar-refractivity contribution in [2.75, 3.05) is 0 Å². The molecule has 2 aromatic heterocycles. The third-order valence-corrected chi connectivity index (χ3v) is 4.68. The zero-order chi connectivity index (χ0) is 17.1. The van der Waals surface area contributed by atoms with Gasteiger partial charge in [0.15, 0.2) is 0 Å². The smallest absolute Gasteiger partial charge is 0.124 e. The highest BCUT2D eigenvalue weighted by Crippen LogP contribution is 2.27. The van der Waals surface area contributed by atoms with Gasteiger partial charge in [0.1, 0.15) is 12.1 Å². The first-order valence-electron chi connectivity index (χ1n) is 8.61. The number of rotatable bonds is 3. The van der Waals surface area contributed by atoms with Crippen LogP contribution in [0.4, 0.5) is 0 Å². The van der Waals surface area contributed by atoms with Crippen molar-refractivity contribution in [1.29, 1.82) is 0 Å². The monoisotopic (exact) mass is 323 g/mol. The lowest BCUT2D eigenvalue weighted by Gasteiger charge is -2.16. The lowest BCUT2D eigenvalue weighted by atomic mass is 10.0. The van der Waals surface area contributed by atoms with Crippen LogP contribution in [0.25, 0.3) is 10.9 Å². The second kappa shape index (κ2) is 7.04. The van der Waals surface area contributed by atoms with Crippen LogP contribution in [0.1, 0.15) is 30.4 Å². The fraction of sp³-hybridized carbons (Fsp3) is 0.400. The average Bonchev–Trinajstić information content (AvgIpc) is 3.14. The number of aldehydes is 1. The second-order valence-electron chi connectivity index (χ2n) is 6.64. The number of aromatic nitrogens is 3. The van der Waals surface area contributed by atoms with E-state index in [0.717, 1.165) is 18.7 Å². The molecule has 0 aliphatic carbocycles. The highest BCUT2D eigenvalue weighted by molar-refractivity contribution is 5.84. The van der Waals surface area contributed by atoms with Crippen molar-refractivity contribution in [3.05, 3.63) is 53.7 Å². The van der Waals surface area contributed by atoms with Crippen molar-refractivity contribution in [1.82, 2.24) is 14.1 Å². The number of nitrogens with zero attached hydrogens (tertiary/aromatic N) is 3. The second-order valence-corrected chi connectivity index (χ2v) is 6.64. The van der Waals surface area contributed by atoms with Gasteiger partial charge < -0.3 is 13.9 Å². The maximum Gasteiger partial charge on any atom is 0.124 e. The first-order valence-corrected chi connectivity index (χ1v) is 8.61. The molecule has 3 heterocycles. The van der Waals surface area contributed by atoms with Crippen LogP contribution in [0.15, 0.2) is 36.7 Å². The van der Waals surface area contributed by atoms with Gasteiger partial charge in [-0.2, -0.15) is 0 Å². The van der Waals surface area contributed by atoms with Crippen LogP contribution in [-0.4, -0.2) is 20.4 Å². The Balaban J connectivity index is 0.000000144. The summed E-state index contributed by atoms with van der Waals surface area (Å²) in [5.41, 5.74) is 4.41. The summed E-state index contributed by atoms with van der Waals surface area (Å²) in [5, 5.41) is 1.41. The summed E-state index contributed by atoms with van der Waals surface area (Å²) in [7, 11) is 0. The van der Waals surface area contributed by atoms with Crippen LogP contribution in [0.5, 0.6) is 0 Å². The van der Waals surface area contributed by atoms with E-state index in [4.69, 9.17) is 0 Å². The number of hydrogen-bond acceptors (Lipinski definition) is 2. The summed E-state index contributed by atoms with van der Waals surface area (Å²) in [6.45, 7) is 7.96. The molecule has 4 nitrogen and oxygen atoms in total. The first kappa shape index (κ1) is 16.5. The summed E-state index contributed by atoms with van der Waals surface area (Å²) in [5.74, 6) is 1.03. The van der Waals surface area contributed by atoms with E-state index in [0.29, 0.717) is 0 Å². The molecule has 0 amide bonds. The zero-order valence-corrected chi connectivity index (χ0v) is 14.7. The maximum absolute atomic E-state index is 10.3. The number of carbonyl (C=O) groups is 1. The molecular weight excluding hydrogens is 298 g/mol. The molecule has 0 spiro atoms. The van der Waals surface area contributed by atoms with Gasteiger partial charge in [0, 0.05) is 42.5 Å². The highest BCUT2D eigenvalue weighted by atomic mass is 16.1. The molecule has 1 unspecified atom stereocenters. The Morgan fingerprint density at radius 3 is 2.88 bits per heavy atom. The summed E-state index contributed by atoms with van der Waals surface area (Å²) in [6, 6.07) is 8.95. The van der Waals surface area contributed by atoms with Crippen LogP contribution in [0.2, 0.25) is 0 Å². The van der Waals surface area contributed by atoms with Crippen molar-refractivity contribution in [3.63, 3.8) is 0 Å². The van der Waals surface area contributed by atoms with E-state index in [1.165, 1.54) is 41.5 Å². The minimum atomic E-state index is 0.0721. The van der Waals surface area contributed by atoms with E-state index in [1.807, 2.05) is 24.6 Å². The van der Waals surface area contributed by atoms with Gasteiger partial charge in [-0.3, -0.25) is 0 Å². The SMILES string of the molecule is Cc1cc2cccc3c2n1CCC3.Cc1nccn1CC(C)C=O. The number of para-hydroxylation sites is 1. The zero-order valence-electron chi connectivity index (χ0n) is 14.7. The van der Waals surface area contributed by atoms with Crippen LogP contribution in [-0.2, 0) is 24.3 Å². The van der Waals surface area contributed by atoms with Crippen molar-refractivity contribution < 1.29 is 4.79 Å². The predicted molar refractivity (Wildman–Crippen MR) is 97.2 cm³/mol. The summed E-state index contributed by atoms with van der Waals surface area (Å²) < 4.78 is 4.42. The summed E-state index contributed by atoms with van der Waals surface area (Å²) in [4.78, 5) is 14.4. The van der Waals surface area contributed by atoms with Gasteiger partial charge >= 0.3 is 0 Å². The largest absolute Gasteiger partial charge is 0.345 e. The lowest BCUT2D eigenvalue weighted by molar-refractivity contribution is -0.111. The molecule has 0 N–H and O–H groups in total. The van der Waals surface area contributed by atoms with Crippen LogP contribution in [0.3, 0.4) is 0 Å². The van der Waals surface area contributed by atoms with Crippen molar-refractivity contribution in [2.45, 2.75) is 46.7 Å². The van der Waals surface area contributed by atoms with E-state index in [-0.39, 0.29) is 5.92 Å². The van der Waals surface area contributed by atoms with E-state index in [1.54, 1.807) is 6.20 Å². The van der Waals surface area contributed by atoms with Gasteiger partial charge in [0.25, 0.3) is 0 Å². The fourth-order valence-corrected chi connectivity index (χ4v) is 3.40. The van der Waals surface area contributed by atoms with Crippen LogP contribution < -0.4 is 0 Å². The predicted octanol–water partition coefficient (Wildman–Crippen LogP) is 3.92. The van der Waals surface area contributed by atoms with Gasteiger partial charge in [-0.15, -0.1) is 0 Å². The third kappa shape index (κ3) is 3.28. The Labute approximate surface area is 143 Å². The topological polar surface area (TPSA) is 39.8 Å². The molecule has 4 rings (SSSR count). The first-order chi connectivity index (χ1) is 11.6. The molecule has 1 aromatic carbocycles. The Bertz CT molecular complexity index is 844. The van der Waals surface area contributed by atoms with E-state index in [9.17, 15) is 4.79 Å². The molecule has 0 saturated carbocycles. The lowest BCUT2D eigenvalue weighted by Crippen LogP contribution is -2.08.